The van der Waals surface area contributed by atoms with Crippen molar-refractivity contribution in [1.29, 1.82) is 0 Å². The third-order valence-corrected chi connectivity index (χ3v) is 3.94. The van der Waals surface area contributed by atoms with Crippen LogP contribution in [0.1, 0.15) is 23.7 Å². The molecule has 2 aromatic carbocycles. The summed E-state index contributed by atoms with van der Waals surface area (Å²) in [5.41, 5.74) is 1.09. The first-order valence-electron chi connectivity index (χ1n) is 7.99. The van der Waals surface area contributed by atoms with E-state index < -0.39 is 5.82 Å². The lowest BCUT2D eigenvalue weighted by atomic mass is 10.1. The highest BCUT2D eigenvalue weighted by Crippen LogP contribution is 2.11. The van der Waals surface area contributed by atoms with Crippen molar-refractivity contribution in [2.45, 2.75) is 19.9 Å². The molecule has 0 spiro atoms. The monoisotopic (exact) mass is 353 g/mol. The number of rotatable bonds is 5. The molecule has 3 aromatic rings. The minimum absolute atomic E-state index is 0.0501. The SMILES string of the molecule is CC(=O)c1ccc(NC(=O)CCn2cnc3cc(F)ccc3c2=O)cc1. The van der Waals surface area contributed by atoms with Crippen LogP contribution in [-0.2, 0) is 11.3 Å². The van der Waals surface area contributed by atoms with Crippen molar-refractivity contribution in [2.75, 3.05) is 5.32 Å². The molecule has 0 saturated carbocycles. The van der Waals surface area contributed by atoms with Gasteiger partial charge < -0.3 is 5.32 Å². The third kappa shape index (κ3) is 3.83. The number of amides is 1. The third-order valence-electron chi connectivity index (χ3n) is 3.94. The number of hydrogen-bond acceptors (Lipinski definition) is 4. The summed E-state index contributed by atoms with van der Waals surface area (Å²) in [7, 11) is 0. The van der Waals surface area contributed by atoms with Crippen molar-refractivity contribution >= 4 is 28.3 Å². The lowest BCUT2D eigenvalue weighted by molar-refractivity contribution is -0.116. The smallest absolute Gasteiger partial charge is 0.261 e. The molecule has 1 N–H and O–H groups in total. The van der Waals surface area contributed by atoms with Crippen LogP contribution in [-0.4, -0.2) is 21.2 Å². The van der Waals surface area contributed by atoms with Gasteiger partial charge in [0.05, 0.1) is 17.2 Å². The van der Waals surface area contributed by atoms with Crippen LogP contribution in [0.3, 0.4) is 0 Å². The minimum Gasteiger partial charge on any atom is -0.326 e. The lowest BCUT2D eigenvalue weighted by Gasteiger charge is -2.08. The van der Waals surface area contributed by atoms with Gasteiger partial charge in [-0.25, -0.2) is 9.37 Å². The predicted octanol–water partition coefficient (Wildman–Crippen LogP) is 2.77. The summed E-state index contributed by atoms with van der Waals surface area (Å²) < 4.78 is 14.5. The first kappa shape index (κ1) is 17.5. The molecule has 3 rings (SSSR count). The summed E-state index contributed by atoms with van der Waals surface area (Å²) >= 11 is 0. The molecular formula is C19H16FN3O3. The second-order valence-electron chi connectivity index (χ2n) is 5.84. The molecule has 7 heteroatoms. The van der Waals surface area contributed by atoms with E-state index >= 15 is 0 Å². The molecule has 0 fully saturated rings. The van der Waals surface area contributed by atoms with Crippen LogP contribution in [0, 0.1) is 5.82 Å². The molecule has 0 radical (unpaired) electrons. The van der Waals surface area contributed by atoms with Crippen LogP contribution in [0.2, 0.25) is 0 Å². The van der Waals surface area contributed by atoms with Crippen molar-refractivity contribution in [3.63, 3.8) is 0 Å². The molecule has 0 aliphatic rings. The van der Waals surface area contributed by atoms with E-state index in [1.807, 2.05) is 0 Å². The van der Waals surface area contributed by atoms with Crippen LogP contribution >= 0.6 is 0 Å². The Morgan fingerprint density at radius 2 is 1.88 bits per heavy atom. The summed E-state index contributed by atoms with van der Waals surface area (Å²) in [4.78, 5) is 39.7. The number of hydrogen-bond donors (Lipinski definition) is 1. The number of Topliss-reactive ketones (excluding diaryl/α,β-unsaturated/α-hetero) is 1. The molecule has 0 bridgehead atoms. The zero-order valence-corrected chi connectivity index (χ0v) is 14.0. The number of benzene rings is 2. The molecule has 132 valence electrons. The molecule has 0 aliphatic heterocycles. The van der Waals surface area contributed by atoms with Crippen molar-refractivity contribution < 1.29 is 14.0 Å². The van der Waals surface area contributed by atoms with Gasteiger partial charge in [-0.1, -0.05) is 0 Å². The molecule has 6 nitrogen and oxygen atoms in total. The van der Waals surface area contributed by atoms with Crippen LogP contribution < -0.4 is 10.9 Å². The quantitative estimate of drug-likeness (QED) is 0.715. The minimum atomic E-state index is -0.461. The fourth-order valence-electron chi connectivity index (χ4n) is 2.52. The molecule has 0 atom stereocenters. The Morgan fingerprint density at radius 3 is 2.58 bits per heavy atom. The van der Waals surface area contributed by atoms with Gasteiger partial charge in [-0.3, -0.25) is 19.0 Å². The highest BCUT2D eigenvalue weighted by Gasteiger charge is 2.08. The van der Waals surface area contributed by atoms with Gasteiger partial charge in [-0.05, 0) is 43.3 Å². The molecule has 0 unspecified atom stereocenters. The Bertz CT molecular complexity index is 1040. The van der Waals surface area contributed by atoms with E-state index in [0.29, 0.717) is 16.6 Å². The number of fused-ring (bicyclic) bond motifs is 1. The standard InChI is InChI=1S/C19H16FN3O3/c1-12(24)13-2-5-15(6-3-13)22-18(25)8-9-23-11-21-17-10-14(20)4-7-16(17)19(23)26/h2-7,10-11H,8-9H2,1H3,(H,22,25). The first-order valence-corrected chi connectivity index (χ1v) is 7.99. The van der Waals surface area contributed by atoms with Gasteiger partial charge >= 0.3 is 0 Å². The van der Waals surface area contributed by atoms with E-state index in [0.717, 1.165) is 0 Å². The molecule has 1 amide bonds. The van der Waals surface area contributed by atoms with E-state index in [1.165, 1.54) is 36.0 Å². The molecule has 1 heterocycles. The number of aromatic nitrogens is 2. The van der Waals surface area contributed by atoms with Crippen LogP contribution in [0.25, 0.3) is 10.9 Å². The molecule has 1 aromatic heterocycles. The Labute approximate surface area is 148 Å². The van der Waals surface area contributed by atoms with Crippen LogP contribution in [0.5, 0.6) is 0 Å². The van der Waals surface area contributed by atoms with Gasteiger partial charge in [0.15, 0.2) is 5.78 Å². The topological polar surface area (TPSA) is 81.1 Å². The zero-order valence-electron chi connectivity index (χ0n) is 14.0. The zero-order chi connectivity index (χ0) is 18.7. The molecular weight excluding hydrogens is 337 g/mol. The fourth-order valence-corrected chi connectivity index (χ4v) is 2.52. The number of nitrogens with zero attached hydrogens (tertiary/aromatic N) is 2. The normalized spacial score (nSPS) is 10.7. The number of aryl methyl sites for hydroxylation is 1. The van der Waals surface area contributed by atoms with E-state index in [-0.39, 0.29) is 35.7 Å². The van der Waals surface area contributed by atoms with Crippen molar-refractivity contribution in [3.8, 4) is 0 Å². The second-order valence-corrected chi connectivity index (χ2v) is 5.84. The summed E-state index contributed by atoms with van der Waals surface area (Å²) in [5.74, 6) is -0.782. The number of halogens is 1. The largest absolute Gasteiger partial charge is 0.326 e. The Hall–Kier alpha value is -3.35. The first-order chi connectivity index (χ1) is 12.4. The van der Waals surface area contributed by atoms with Crippen molar-refractivity contribution in [3.05, 3.63) is 70.5 Å². The number of carbonyl (C=O) groups is 2. The van der Waals surface area contributed by atoms with E-state index in [4.69, 9.17) is 0 Å². The molecule has 0 saturated heterocycles. The Balaban J connectivity index is 1.67. The van der Waals surface area contributed by atoms with Gasteiger partial charge in [0.1, 0.15) is 5.82 Å². The number of carbonyl (C=O) groups excluding carboxylic acids is 2. The number of nitrogens with one attached hydrogen (secondary N) is 1. The summed E-state index contributed by atoms with van der Waals surface area (Å²) in [5, 5.41) is 3.01. The van der Waals surface area contributed by atoms with Crippen molar-refractivity contribution in [1.82, 2.24) is 9.55 Å². The lowest BCUT2D eigenvalue weighted by Crippen LogP contribution is -2.23. The fraction of sp³-hybridized carbons (Fsp3) is 0.158. The van der Waals surface area contributed by atoms with Crippen LogP contribution in [0.15, 0.2) is 53.6 Å². The maximum atomic E-state index is 13.2. The van der Waals surface area contributed by atoms with E-state index in [9.17, 15) is 18.8 Å². The number of anilines is 1. The van der Waals surface area contributed by atoms with Gasteiger partial charge in [0, 0.05) is 30.3 Å². The van der Waals surface area contributed by atoms with E-state index in [2.05, 4.69) is 10.3 Å². The highest BCUT2D eigenvalue weighted by atomic mass is 19.1. The second kappa shape index (κ2) is 7.26. The maximum absolute atomic E-state index is 13.2. The van der Waals surface area contributed by atoms with Gasteiger partial charge in [0.25, 0.3) is 5.56 Å². The van der Waals surface area contributed by atoms with E-state index in [1.54, 1.807) is 24.3 Å². The summed E-state index contributed by atoms with van der Waals surface area (Å²) in [6.07, 6.45) is 1.38. The Morgan fingerprint density at radius 1 is 1.15 bits per heavy atom. The maximum Gasteiger partial charge on any atom is 0.261 e. The highest BCUT2D eigenvalue weighted by molar-refractivity contribution is 5.95. The predicted molar refractivity (Wildman–Crippen MR) is 95.7 cm³/mol. The van der Waals surface area contributed by atoms with Crippen molar-refractivity contribution in [2.24, 2.45) is 0 Å². The summed E-state index contributed by atoms with van der Waals surface area (Å²) in [6.45, 7) is 1.62. The summed E-state index contributed by atoms with van der Waals surface area (Å²) in [6, 6.07) is 10.3. The van der Waals surface area contributed by atoms with Gasteiger partial charge in [-0.2, -0.15) is 0 Å². The number of ketones is 1. The molecule has 0 aliphatic carbocycles. The van der Waals surface area contributed by atoms with Crippen LogP contribution in [0.4, 0.5) is 10.1 Å². The van der Waals surface area contributed by atoms with Gasteiger partial charge in [0.2, 0.25) is 5.91 Å². The average molecular weight is 353 g/mol. The Kier molecular flexibility index (Phi) is 4.88. The average Bonchev–Trinajstić information content (AvgIpc) is 2.61. The molecule has 26 heavy (non-hydrogen) atoms. The van der Waals surface area contributed by atoms with Gasteiger partial charge in [-0.15, -0.1) is 0 Å².